The molecule has 4 nitrogen and oxygen atoms in total. The van der Waals surface area contributed by atoms with Gasteiger partial charge in [0.05, 0.1) is 18.8 Å². The monoisotopic (exact) mass is 214 g/mol. The van der Waals surface area contributed by atoms with Gasteiger partial charge in [-0.15, -0.1) is 0 Å². The third-order valence-electron chi connectivity index (χ3n) is 3.09. The predicted molar refractivity (Wildman–Crippen MR) is 59.4 cm³/mol. The number of morpholine rings is 1. The summed E-state index contributed by atoms with van der Waals surface area (Å²) in [5, 5.41) is 0. The molecule has 0 aliphatic carbocycles. The third-order valence-corrected chi connectivity index (χ3v) is 3.09. The molecule has 1 aliphatic rings. The first-order valence-electron chi connectivity index (χ1n) is 5.72. The van der Waals surface area contributed by atoms with E-state index in [2.05, 4.69) is 0 Å². The van der Waals surface area contributed by atoms with Crippen molar-refractivity contribution >= 4 is 5.91 Å². The van der Waals surface area contributed by atoms with Crippen LogP contribution in [0.3, 0.4) is 0 Å². The molecule has 1 aliphatic heterocycles. The number of carbonyl (C=O) groups excluding carboxylic acids is 1. The highest BCUT2D eigenvalue weighted by molar-refractivity contribution is 5.78. The van der Waals surface area contributed by atoms with Gasteiger partial charge >= 0.3 is 0 Å². The second-order valence-corrected chi connectivity index (χ2v) is 4.34. The molecule has 3 atom stereocenters. The number of hydrogen-bond acceptors (Lipinski definition) is 3. The fourth-order valence-corrected chi connectivity index (χ4v) is 1.72. The van der Waals surface area contributed by atoms with Crippen LogP contribution in [-0.4, -0.2) is 42.6 Å². The van der Waals surface area contributed by atoms with Gasteiger partial charge in [-0.1, -0.05) is 13.8 Å². The van der Waals surface area contributed by atoms with E-state index in [-0.39, 0.29) is 24.0 Å². The lowest BCUT2D eigenvalue weighted by Gasteiger charge is -2.38. The Morgan fingerprint density at radius 2 is 2.33 bits per heavy atom. The molecule has 0 aromatic rings. The molecule has 1 rings (SSSR count). The van der Waals surface area contributed by atoms with Crippen LogP contribution in [-0.2, 0) is 9.53 Å². The Labute approximate surface area is 91.8 Å². The van der Waals surface area contributed by atoms with E-state index in [1.165, 1.54) is 0 Å². The molecule has 0 aromatic heterocycles. The highest BCUT2D eigenvalue weighted by atomic mass is 16.5. The molecule has 0 bridgehead atoms. The van der Waals surface area contributed by atoms with Crippen molar-refractivity contribution in [2.45, 2.75) is 39.3 Å². The van der Waals surface area contributed by atoms with Crippen LogP contribution in [0.5, 0.6) is 0 Å². The van der Waals surface area contributed by atoms with Gasteiger partial charge in [-0.05, 0) is 13.3 Å². The highest BCUT2D eigenvalue weighted by Crippen LogP contribution is 2.16. The van der Waals surface area contributed by atoms with Gasteiger partial charge in [0.1, 0.15) is 0 Å². The van der Waals surface area contributed by atoms with E-state index >= 15 is 0 Å². The van der Waals surface area contributed by atoms with Crippen LogP contribution in [0.25, 0.3) is 0 Å². The lowest BCUT2D eigenvalue weighted by molar-refractivity contribution is -0.147. The Morgan fingerprint density at radius 3 is 2.87 bits per heavy atom. The molecule has 0 aromatic carbocycles. The molecule has 0 radical (unpaired) electrons. The molecular weight excluding hydrogens is 192 g/mol. The summed E-state index contributed by atoms with van der Waals surface area (Å²) in [6, 6.07) is 0.175. The van der Waals surface area contributed by atoms with Gasteiger partial charge in [-0.25, -0.2) is 0 Å². The van der Waals surface area contributed by atoms with Crippen molar-refractivity contribution in [1.29, 1.82) is 0 Å². The third kappa shape index (κ3) is 2.92. The molecule has 3 unspecified atom stereocenters. The number of nitrogens with two attached hydrogens (primary N) is 1. The van der Waals surface area contributed by atoms with Crippen LogP contribution >= 0.6 is 0 Å². The lowest BCUT2D eigenvalue weighted by atomic mass is 10.1. The maximum absolute atomic E-state index is 12.0. The molecule has 1 fully saturated rings. The summed E-state index contributed by atoms with van der Waals surface area (Å²) in [4.78, 5) is 13.9. The Balaban J connectivity index is 2.61. The Hall–Kier alpha value is -0.610. The van der Waals surface area contributed by atoms with Crippen molar-refractivity contribution in [3.05, 3.63) is 0 Å². The molecule has 15 heavy (non-hydrogen) atoms. The maximum atomic E-state index is 12.0. The maximum Gasteiger partial charge on any atom is 0.225 e. The average molecular weight is 214 g/mol. The fraction of sp³-hybridized carbons (Fsp3) is 0.909. The number of ether oxygens (including phenoxy) is 1. The number of rotatable bonds is 3. The van der Waals surface area contributed by atoms with Crippen molar-refractivity contribution in [2.24, 2.45) is 11.7 Å². The smallest absolute Gasteiger partial charge is 0.225 e. The molecular formula is C11H22N2O2. The molecule has 1 saturated heterocycles. The number of amides is 1. The molecule has 88 valence electrons. The Bertz CT molecular complexity index is 221. The van der Waals surface area contributed by atoms with Crippen LogP contribution in [0.4, 0.5) is 0 Å². The molecule has 2 N–H and O–H groups in total. The molecule has 4 heteroatoms. The molecule has 1 amide bonds. The standard InChI is InChI=1S/C11H22N2O2/c1-4-8(2)11(14)13-6-10(5-12)15-7-9(13)3/h8-10H,4-7,12H2,1-3H3. The zero-order valence-corrected chi connectivity index (χ0v) is 9.90. The van der Waals surface area contributed by atoms with Crippen molar-refractivity contribution in [3.8, 4) is 0 Å². The highest BCUT2D eigenvalue weighted by Gasteiger charge is 2.30. The van der Waals surface area contributed by atoms with Crippen molar-refractivity contribution in [2.75, 3.05) is 19.7 Å². The van der Waals surface area contributed by atoms with E-state index < -0.39 is 0 Å². The SMILES string of the molecule is CCC(C)C(=O)N1CC(CN)OCC1C. The van der Waals surface area contributed by atoms with Crippen LogP contribution < -0.4 is 5.73 Å². The fourth-order valence-electron chi connectivity index (χ4n) is 1.72. The first-order chi connectivity index (χ1) is 7.10. The van der Waals surface area contributed by atoms with Gasteiger partial charge < -0.3 is 15.4 Å². The van der Waals surface area contributed by atoms with Gasteiger partial charge in [0.2, 0.25) is 5.91 Å². The van der Waals surface area contributed by atoms with Crippen LogP contribution in [0.15, 0.2) is 0 Å². The number of carbonyl (C=O) groups is 1. The second kappa shape index (κ2) is 5.47. The van der Waals surface area contributed by atoms with Crippen LogP contribution in [0, 0.1) is 5.92 Å². The minimum absolute atomic E-state index is 0.00852. The van der Waals surface area contributed by atoms with E-state index in [1.807, 2.05) is 25.7 Å². The topological polar surface area (TPSA) is 55.6 Å². The Kier molecular flexibility index (Phi) is 4.54. The molecule has 0 saturated carbocycles. The van der Waals surface area contributed by atoms with Crippen LogP contribution in [0.1, 0.15) is 27.2 Å². The van der Waals surface area contributed by atoms with Crippen molar-refractivity contribution in [3.63, 3.8) is 0 Å². The van der Waals surface area contributed by atoms with Gasteiger partial charge in [0, 0.05) is 19.0 Å². The first kappa shape index (κ1) is 12.5. The second-order valence-electron chi connectivity index (χ2n) is 4.34. The summed E-state index contributed by atoms with van der Waals surface area (Å²) in [6.07, 6.45) is 0.894. The summed E-state index contributed by atoms with van der Waals surface area (Å²) in [7, 11) is 0. The van der Waals surface area contributed by atoms with Gasteiger partial charge in [-0.2, -0.15) is 0 Å². The zero-order chi connectivity index (χ0) is 11.4. The molecule has 0 spiro atoms. The van der Waals surface area contributed by atoms with Gasteiger partial charge in [-0.3, -0.25) is 4.79 Å². The largest absolute Gasteiger partial charge is 0.373 e. The average Bonchev–Trinajstić information content (AvgIpc) is 2.27. The summed E-state index contributed by atoms with van der Waals surface area (Å²) in [5.41, 5.74) is 5.56. The van der Waals surface area contributed by atoms with Gasteiger partial charge in [0.25, 0.3) is 0 Å². The summed E-state index contributed by atoms with van der Waals surface area (Å²) in [5.74, 6) is 0.329. The minimum atomic E-state index is 0.00852. The van der Waals surface area contributed by atoms with Gasteiger partial charge in [0.15, 0.2) is 0 Å². The van der Waals surface area contributed by atoms with E-state index in [0.29, 0.717) is 19.7 Å². The van der Waals surface area contributed by atoms with E-state index in [9.17, 15) is 4.79 Å². The summed E-state index contributed by atoms with van der Waals surface area (Å²) >= 11 is 0. The first-order valence-corrected chi connectivity index (χ1v) is 5.72. The molecule has 1 heterocycles. The number of nitrogens with zero attached hydrogens (tertiary/aromatic N) is 1. The summed E-state index contributed by atoms with van der Waals surface area (Å²) < 4.78 is 5.51. The van der Waals surface area contributed by atoms with E-state index in [4.69, 9.17) is 10.5 Å². The quantitative estimate of drug-likeness (QED) is 0.749. The zero-order valence-electron chi connectivity index (χ0n) is 9.90. The van der Waals surface area contributed by atoms with Crippen molar-refractivity contribution < 1.29 is 9.53 Å². The summed E-state index contributed by atoms with van der Waals surface area (Å²) in [6.45, 7) is 7.75. The minimum Gasteiger partial charge on any atom is -0.373 e. The lowest BCUT2D eigenvalue weighted by Crippen LogP contribution is -2.54. The van der Waals surface area contributed by atoms with E-state index in [1.54, 1.807) is 0 Å². The number of hydrogen-bond donors (Lipinski definition) is 1. The van der Waals surface area contributed by atoms with E-state index in [0.717, 1.165) is 6.42 Å². The predicted octanol–water partition coefficient (Wildman–Crippen LogP) is 0.607. The van der Waals surface area contributed by atoms with Crippen LogP contribution in [0.2, 0.25) is 0 Å². The Morgan fingerprint density at radius 1 is 1.67 bits per heavy atom. The normalized spacial score (nSPS) is 28.9. The van der Waals surface area contributed by atoms with Crippen molar-refractivity contribution in [1.82, 2.24) is 4.90 Å².